The lowest BCUT2D eigenvalue weighted by Gasteiger charge is -2.13. The molecule has 0 spiro atoms. The summed E-state index contributed by atoms with van der Waals surface area (Å²) >= 11 is 0. The van der Waals surface area contributed by atoms with Crippen LogP contribution >= 0.6 is 0 Å². The number of hydrogen-bond acceptors (Lipinski definition) is 5. The van der Waals surface area contributed by atoms with Crippen LogP contribution in [-0.2, 0) is 26.6 Å². The molecule has 1 saturated heterocycles. The molecule has 0 unspecified atom stereocenters. The third-order valence-electron chi connectivity index (χ3n) is 3.97. The average molecular weight is 369 g/mol. The van der Waals surface area contributed by atoms with Gasteiger partial charge in [-0.15, -0.1) is 6.58 Å². The van der Waals surface area contributed by atoms with Crippen LogP contribution in [0.1, 0.15) is 30.3 Å². The van der Waals surface area contributed by atoms with Crippen LogP contribution in [0.25, 0.3) is 0 Å². The molecule has 1 aliphatic rings. The Hall–Kier alpha value is -2.13. The number of nitrogens with one attached hydrogen (secondary N) is 1. The fraction of sp³-hybridized carbons (Fsp3) is 0.500. The number of hydrogen-bond donors (Lipinski definition) is 1. The van der Waals surface area contributed by atoms with Gasteiger partial charge in [0.1, 0.15) is 10.6 Å². The number of carbonyl (C=O) groups excluding carboxylic acids is 2. The van der Waals surface area contributed by atoms with Crippen LogP contribution in [0.15, 0.2) is 29.8 Å². The van der Waals surface area contributed by atoms with Gasteiger partial charge in [-0.05, 0) is 25.8 Å². The van der Waals surface area contributed by atoms with E-state index in [9.17, 15) is 18.0 Å². The molecular weight excluding hydrogens is 346 g/mol. The summed E-state index contributed by atoms with van der Waals surface area (Å²) in [5, 5.41) is 2.53. The Balaban J connectivity index is 2.12. The Morgan fingerprint density at radius 1 is 1.40 bits per heavy atom. The molecule has 0 saturated carbocycles. The topological polar surface area (TPSA) is 97.7 Å². The molecule has 1 fully saturated rings. The lowest BCUT2D eigenvalue weighted by Crippen LogP contribution is -2.36. The molecule has 0 aliphatic carbocycles. The van der Waals surface area contributed by atoms with Crippen molar-refractivity contribution in [2.45, 2.75) is 30.8 Å². The Morgan fingerprint density at radius 3 is 2.64 bits per heavy atom. The Labute approximate surface area is 147 Å². The summed E-state index contributed by atoms with van der Waals surface area (Å²) in [5.41, 5.74) is 0.0705. The van der Waals surface area contributed by atoms with Crippen molar-refractivity contribution in [3.05, 3.63) is 30.6 Å². The smallest absolute Gasteiger partial charge is 0.355 e. The first kappa shape index (κ1) is 19.2. The molecule has 138 valence electrons. The third-order valence-corrected chi connectivity index (χ3v) is 5.83. The van der Waals surface area contributed by atoms with Crippen LogP contribution in [0, 0.1) is 0 Å². The first-order valence-electron chi connectivity index (χ1n) is 8.03. The molecule has 8 nitrogen and oxygen atoms in total. The zero-order valence-corrected chi connectivity index (χ0v) is 15.2. The standard InChI is InChI=1S/C16H23N3O5S/c1-4-7-17-15(20)12(2)24-16(21)14-10-13(11-18(14)3)25(22,23)19-8-5-6-9-19/h4,10-12H,1,5-9H2,2-3H3,(H,17,20)/t12-/m0/s1. The molecule has 1 amide bonds. The molecule has 2 heterocycles. The first-order chi connectivity index (χ1) is 11.8. The zero-order chi connectivity index (χ0) is 18.6. The van der Waals surface area contributed by atoms with Gasteiger partial charge < -0.3 is 14.6 Å². The van der Waals surface area contributed by atoms with Crippen molar-refractivity contribution in [2.75, 3.05) is 19.6 Å². The lowest BCUT2D eigenvalue weighted by atomic mass is 10.3. The second kappa shape index (κ2) is 7.83. The Bertz CT molecular complexity index is 763. The normalized spacial score (nSPS) is 16.4. The molecule has 9 heteroatoms. The number of amides is 1. The molecule has 1 N–H and O–H groups in total. The predicted octanol–water partition coefficient (Wildman–Crippen LogP) is 0.657. The van der Waals surface area contributed by atoms with Gasteiger partial charge in [0.05, 0.1) is 0 Å². The van der Waals surface area contributed by atoms with Gasteiger partial charge in [-0.2, -0.15) is 4.31 Å². The van der Waals surface area contributed by atoms with Gasteiger partial charge in [-0.3, -0.25) is 4.79 Å². The van der Waals surface area contributed by atoms with Crippen LogP contribution in [0.2, 0.25) is 0 Å². The van der Waals surface area contributed by atoms with Crippen LogP contribution in [0.4, 0.5) is 0 Å². The van der Waals surface area contributed by atoms with Gasteiger partial charge in [-0.1, -0.05) is 6.08 Å². The second-order valence-corrected chi connectivity index (χ2v) is 7.80. The number of sulfonamides is 1. The molecule has 1 aliphatic heterocycles. The number of esters is 1. The summed E-state index contributed by atoms with van der Waals surface area (Å²) in [7, 11) is -2.06. The van der Waals surface area contributed by atoms with Crippen LogP contribution < -0.4 is 5.32 Å². The van der Waals surface area contributed by atoms with Crippen LogP contribution in [0.5, 0.6) is 0 Å². The van der Waals surface area contributed by atoms with Gasteiger partial charge in [0, 0.05) is 32.9 Å². The van der Waals surface area contributed by atoms with Crippen molar-refractivity contribution in [2.24, 2.45) is 7.05 Å². The highest BCUT2D eigenvalue weighted by Crippen LogP contribution is 2.23. The van der Waals surface area contributed by atoms with Gasteiger partial charge in [0.2, 0.25) is 10.0 Å². The van der Waals surface area contributed by atoms with Gasteiger partial charge in [0.15, 0.2) is 6.10 Å². The van der Waals surface area contributed by atoms with E-state index in [-0.39, 0.29) is 17.1 Å². The van der Waals surface area contributed by atoms with E-state index in [1.807, 2.05) is 0 Å². The Morgan fingerprint density at radius 2 is 2.04 bits per heavy atom. The molecule has 2 rings (SSSR count). The highest BCUT2D eigenvalue weighted by atomic mass is 32.2. The quantitative estimate of drug-likeness (QED) is 0.562. The number of ether oxygens (including phenoxy) is 1. The average Bonchev–Trinajstić information content (AvgIpc) is 3.22. The minimum Gasteiger partial charge on any atom is -0.448 e. The highest BCUT2D eigenvalue weighted by molar-refractivity contribution is 7.89. The maximum Gasteiger partial charge on any atom is 0.355 e. The maximum atomic E-state index is 12.6. The fourth-order valence-corrected chi connectivity index (χ4v) is 4.14. The van der Waals surface area contributed by atoms with Gasteiger partial charge in [0.25, 0.3) is 5.91 Å². The van der Waals surface area contributed by atoms with E-state index in [1.54, 1.807) is 7.05 Å². The summed E-state index contributed by atoms with van der Waals surface area (Å²) in [6, 6.07) is 1.28. The summed E-state index contributed by atoms with van der Waals surface area (Å²) in [6.07, 6.45) is 3.56. The molecule has 0 aromatic carbocycles. The van der Waals surface area contributed by atoms with Crippen molar-refractivity contribution < 1.29 is 22.7 Å². The van der Waals surface area contributed by atoms with Crippen molar-refractivity contribution >= 4 is 21.9 Å². The number of aryl methyl sites for hydroxylation is 1. The van der Waals surface area contributed by atoms with E-state index >= 15 is 0 Å². The number of rotatable bonds is 7. The van der Waals surface area contributed by atoms with Crippen molar-refractivity contribution in [1.82, 2.24) is 14.2 Å². The molecule has 0 radical (unpaired) electrons. The SMILES string of the molecule is C=CCNC(=O)[C@H](C)OC(=O)c1cc(S(=O)(=O)N2CCCC2)cn1C. The van der Waals surface area contributed by atoms with Crippen molar-refractivity contribution in [3.63, 3.8) is 0 Å². The van der Waals surface area contributed by atoms with E-state index in [2.05, 4.69) is 11.9 Å². The second-order valence-electron chi connectivity index (χ2n) is 5.86. The van der Waals surface area contributed by atoms with E-state index in [0.717, 1.165) is 12.8 Å². The van der Waals surface area contributed by atoms with E-state index in [0.29, 0.717) is 13.1 Å². The summed E-state index contributed by atoms with van der Waals surface area (Å²) in [6.45, 7) is 6.16. The molecule has 1 aromatic rings. The summed E-state index contributed by atoms with van der Waals surface area (Å²) in [4.78, 5) is 24.1. The summed E-state index contributed by atoms with van der Waals surface area (Å²) < 4.78 is 33.0. The maximum absolute atomic E-state index is 12.6. The van der Waals surface area contributed by atoms with Gasteiger partial charge >= 0.3 is 5.97 Å². The fourth-order valence-electron chi connectivity index (χ4n) is 2.55. The largest absolute Gasteiger partial charge is 0.448 e. The van der Waals surface area contributed by atoms with E-state index in [4.69, 9.17) is 4.74 Å². The number of carbonyl (C=O) groups is 2. The summed E-state index contributed by atoms with van der Waals surface area (Å²) in [5.74, 6) is -1.21. The van der Waals surface area contributed by atoms with Crippen molar-refractivity contribution in [1.29, 1.82) is 0 Å². The minimum absolute atomic E-state index is 0.0487. The Kier molecular flexibility index (Phi) is 6.02. The predicted molar refractivity (Wildman–Crippen MR) is 91.5 cm³/mol. The molecule has 1 aromatic heterocycles. The third kappa shape index (κ3) is 4.29. The number of nitrogens with zero attached hydrogens (tertiary/aromatic N) is 2. The number of aromatic nitrogens is 1. The first-order valence-corrected chi connectivity index (χ1v) is 9.47. The monoisotopic (exact) mass is 369 g/mol. The minimum atomic E-state index is -3.62. The zero-order valence-electron chi connectivity index (χ0n) is 14.4. The molecular formula is C16H23N3O5S. The molecule has 0 bridgehead atoms. The van der Waals surface area contributed by atoms with Crippen LogP contribution in [-0.4, -0.2) is 54.9 Å². The van der Waals surface area contributed by atoms with Crippen LogP contribution in [0.3, 0.4) is 0 Å². The lowest BCUT2D eigenvalue weighted by molar-refractivity contribution is -0.128. The molecule has 25 heavy (non-hydrogen) atoms. The van der Waals surface area contributed by atoms with Gasteiger partial charge in [-0.25, -0.2) is 13.2 Å². The van der Waals surface area contributed by atoms with Crippen molar-refractivity contribution in [3.8, 4) is 0 Å². The van der Waals surface area contributed by atoms with E-state index in [1.165, 1.54) is 34.1 Å². The molecule has 1 atom stereocenters. The highest BCUT2D eigenvalue weighted by Gasteiger charge is 2.30. The van der Waals surface area contributed by atoms with E-state index < -0.39 is 28.0 Å².